The SMILES string of the molecule is CC(C)(C)Nc1nc2c(s1)CN(S(C)(=O)=O)CC2. The molecule has 0 saturated heterocycles. The molecule has 1 aliphatic rings. The van der Waals surface area contributed by atoms with Crippen LogP contribution in [0.4, 0.5) is 5.13 Å². The van der Waals surface area contributed by atoms with Gasteiger partial charge in [0.05, 0.1) is 11.9 Å². The van der Waals surface area contributed by atoms with Gasteiger partial charge in [0.1, 0.15) is 0 Å². The number of hydrogen-bond acceptors (Lipinski definition) is 5. The Labute approximate surface area is 112 Å². The second-order valence-electron chi connectivity index (χ2n) is 5.61. The molecular weight excluding hydrogens is 270 g/mol. The first-order valence-corrected chi connectivity index (χ1v) is 8.53. The maximum atomic E-state index is 11.5. The average molecular weight is 289 g/mol. The monoisotopic (exact) mass is 289 g/mol. The topological polar surface area (TPSA) is 62.3 Å². The number of anilines is 1. The van der Waals surface area contributed by atoms with Crippen molar-refractivity contribution in [2.45, 2.75) is 39.3 Å². The summed E-state index contributed by atoms with van der Waals surface area (Å²) in [5, 5.41) is 4.21. The minimum absolute atomic E-state index is 0.0308. The molecule has 102 valence electrons. The fourth-order valence-corrected chi connectivity index (χ4v) is 3.93. The predicted molar refractivity (Wildman–Crippen MR) is 74.4 cm³/mol. The molecule has 0 bridgehead atoms. The lowest BCUT2D eigenvalue weighted by Crippen LogP contribution is -2.34. The van der Waals surface area contributed by atoms with E-state index in [2.05, 4.69) is 31.1 Å². The second kappa shape index (κ2) is 4.47. The van der Waals surface area contributed by atoms with Crippen LogP contribution in [0.3, 0.4) is 0 Å². The molecule has 0 atom stereocenters. The molecule has 0 unspecified atom stereocenters. The van der Waals surface area contributed by atoms with Crippen molar-refractivity contribution >= 4 is 26.5 Å². The van der Waals surface area contributed by atoms with E-state index < -0.39 is 10.0 Å². The Morgan fingerprint density at radius 3 is 2.61 bits per heavy atom. The van der Waals surface area contributed by atoms with E-state index in [1.807, 2.05) is 0 Å². The van der Waals surface area contributed by atoms with Crippen molar-refractivity contribution in [2.24, 2.45) is 0 Å². The van der Waals surface area contributed by atoms with Crippen LogP contribution in [0, 0.1) is 0 Å². The predicted octanol–water partition coefficient (Wildman–Crippen LogP) is 1.67. The van der Waals surface area contributed by atoms with Crippen LogP contribution in [-0.4, -0.2) is 36.0 Å². The van der Waals surface area contributed by atoms with Crippen LogP contribution >= 0.6 is 11.3 Å². The minimum atomic E-state index is -3.10. The standard InChI is InChI=1S/C11H19N3O2S2/c1-11(2,3)13-10-12-8-5-6-14(18(4,15)16)7-9(8)17-10/h5-7H2,1-4H3,(H,12,13). The summed E-state index contributed by atoms with van der Waals surface area (Å²) in [7, 11) is -3.10. The van der Waals surface area contributed by atoms with Crippen LogP contribution in [0.1, 0.15) is 31.3 Å². The minimum Gasteiger partial charge on any atom is -0.357 e. The number of rotatable bonds is 2. The summed E-state index contributed by atoms with van der Waals surface area (Å²) in [6, 6.07) is 0. The Bertz CT molecular complexity index is 543. The Morgan fingerprint density at radius 1 is 1.39 bits per heavy atom. The highest BCUT2D eigenvalue weighted by Crippen LogP contribution is 2.30. The lowest BCUT2D eigenvalue weighted by molar-refractivity contribution is 0.396. The van der Waals surface area contributed by atoms with Crippen LogP contribution in [0.2, 0.25) is 0 Å². The third-order valence-corrected chi connectivity index (χ3v) is 4.89. The summed E-state index contributed by atoms with van der Waals surface area (Å²) in [6.07, 6.45) is 1.96. The van der Waals surface area contributed by atoms with Crippen LogP contribution in [0.15, 0.2) is 0 Å². The zero-order valence-corrected chi connectivity index (χ0v) is 12.8. The highest BCUT2D eigenvalue weighted by molar-refractivity contribution is 7.88. The van der Waals surface area contributed by atoms with Crippen molar-refractivity contribution < 1.29 is 8.42 Å². The lowest BCUT2D eigenvalue weighted by Gasteiger charge is -2.23. The van der Waals surface area contributed by atoms with Crippen molar-refractivity contribution in [2.75, 3.05) is 18.1 Å². The zero-order valence-electron chi connectivity index (χ0n) is 11.1. The van der Waals surface area contributed by atoms with Gasteiger partial charge in [-0.1, -0.05) is 0 Å². The molecule has 7 heteroatoms. The molecular formula is C11H19N3O2S2. The fourth-order valence-electron chi connectivity index (χ4n) is 1.83. The summed E-state index contributed by atoms with van der Waals surface area (Å²) in [6.45, 7) is 7.23. The molecule has 2 rings (SSSR count). The number of fused-ring (bicyclic) bond motifs is 1. The summed E-state index contributed by atoms with van der Waals surface area (Å²) in [4.78, 5) is 5.59. The Kier molecular flexibility index (Phi) is 3.42. The summed E-state index contributed by atoms with van der Waals surface area (Å²) in [5.74, 6) is 0. The van der Waals surface area contributed by atoms with E-state index >= 15 is 0 Å². The van der Waals surface area contributed by atoms with Crippen LogP contribution < -0.4 is 5.32 Å². The number of sulfonamides is 1. The molecule has 5 nitrogen and oxygen atoms in total. The molecule has 1 aromatic rings. The third kappa shape index (κ3) is 3.21. The molecule has 0 saturated carbocycles. The summed E-state index contributed by atoms with van der Waals surface area (Å²) >= 11 is 1.55. The molecule has 0 fully saturated rings. The third-order valence-electron chi connectivity index (χ3n) is 2.65. The zero-order chi connectivity index (χ0) is 13.6. The first-order chi connectivity index (χ1) is 8.15. The van der Waals surface area contributed by atoms with Crippen molar-refractivity contribution in [1.82, 2.24) is 9.29 Å². The van der Waals surface area contributed by atoms with Gasteiger partial charge in [0.2, 0.25) is 10.0 Å². The molecule has 0 aromatic carbocycles. The van der Waals surface area contributed by atoms with Crippen molar-refractivity contribution in [3.05, 3.63) is 10.6 Å². The van der Waals surface area contributed by atoms with Crippen molar-refractivity contribution in [1.29, 1.82) is 0 Å². The first kappa shape index (κ1) is 13.8. The Balaban J connectivity index is 2.19. The maximum absolute atomic E-state index is 11.5. The number of aromatic nitrogens is 1. The van der Waals surface area contributed by atoms with Crippen molar-refractivity contribution in [3.63, 3.8) is 0 Å². The van der Waals surface area contributed by atoms with E-state index in [9.17, 15) is 8.42 Å². The van der Waals surface area contributed by atoms with E-state index in [1.165, 1.54) is 10.6 Å². The molecule has 0 amide bonds. The first-order valence-electron chi connectivity index (χ1n) is 5.87. The molecule has 0 radical (unpaired) electrons. The van der Waals surface area contributed by atoms with Gasteiger partial charge in [-0.05, 0) is 20.8 Å². The van der Waals surface area contributed by atoms with Gasteiger partial charge in [-0.3, -0.25) is 0 Å². The smallest absolute Gasteiger partial charge is 0.211 e. The van der Waals surface area contributed by atoms with Crippen LogP contribution in [0.25, 0.3) is 0 Å². The van der Waals surface area contributed by atoms with E-state index in [0.717, 1.165) is 15.7 Å². The molecule has 1 aromatic heterocycles. The van der Waals surface area contributed by atoms with Gasteiger partial charge in [0.25, 0.3) is 0 Å². The number of thiazole rings is 1. The van der Waals surface area contributed by atoms with E-state index in [0.29, 0.717) is 19.5 Å². The van der Waals surface area contributed by atoms with Gasteiger partial charge >= 0.3 is 0 Å². The lowest BCUT2D eigenvalue weighted by atomic mass is 10.1. The van der Waals surface area contributed by atoms with Gasteiger partial charge < -0.3 is 5.32 Å². The van der Waals surface area contributed by atoms with Gasteiger partial charge in [-0.2, -0.15) is 4.31 Å². The summed E-state index contributed by atoms with van der Waals surface area (Å²) < 4.78 is 24.6. The van der Waals surface area contributed by atoms with E-state index in [1.54, 1.807) is 11.3 Å². The van der Waals surface area contributed by atoms with Crippen LogP contribution in [-0.2, 0) is 23.0 Å². The fraction of sp³-hybridized carbons (Fsp3) is 0.727. The van der Waals surface area contributed by atoms with Gasteiger partial charge in [-0.15, -0.1) is 11.3 Å². The quantitative estimate of drug-likeness (QED) is 0.899. The maximum Gasteiger partial charge on any atom is 0.211 e. The molecule has 2 heterocycles. The number of nitrogens with zero attached hydrogens (tertiary/aromatic N) is 2. The van der Waals surface area contributed by atoms with Gasteiger partial charge in [0, 0.05) is 29.9 Å². The molecule has 1 aliphatic heterocycles. The number of nitrogens with one attached hydrogen (secondary N) is 1. The second-order valence-corrected chi connectivity index (χ2v) is 8.68. The van der Waals surface area contributed by atoms with Crippen molar-refractivity contribution in [3.8, 4) is 0 Å². The highest BCUT2D eigenvalue weighted by atomic mass is 32.2. The van der Waals surface area contributed by atoms with E-state index in [-0.39, 0.29) is 5.54 Å². The largest absolute Gasteiger partial charge is 0.357 e. The molecule has 0 spiro atoms. The Hall–Kier alpha value is -0.660. The van der Waals surface area contributed by atoms with Gasteiger partial charge in [-0.25, -0.2) is 13.4 Å². The number of hydrogen-bond donors (Lipinski definition) is 1. The normalized spacial score (nSPS) is 17.6. The molecule has 18 heavy (non-hydrogen) atoms. The Morgan fingerprint density at radius 2 is 2.06 bits per heavy atom. The molecule has 0 aliphatic carbocycles. The summed E-state index contributed by atoms with van der Waals surface area (Å²) in [5.41, 5.74) is 1.00. The average Bonchev–Trinajstić information content (AvgIpc) is 2.53. The molecule has 1 N–H and O–H groups in total. The highest BCUT2D eigenvalue weighted by Gasteiger charge is 2.26. The van der Waals surface area contributed by atoms with Gasteiger partial charge in [0.15, 0.2) is 5.13 Å². The van der Waals surface area contributed by atoms with E-state index in [4.69, 9.17) is 0 Å². The van der Waals surface area contributed by atoms with Crippen LogP contribution in [0.5, 0.6) is 0 Å².